The highest BCUT2D eigenvalue weighted by atomic mass is 16.4. The summed E-state index contributed by atoms with van der Waals surface area (Å²) in [4.78, 5) is 44.5. The van der Waals surface area contributed by atoms with Gasteiger partial charge in [0.25, 0.3) is 11.9 Å². The highest BCUT2D eigenvalue weighted by Gasteiger charge is 2.33. The number of carbonyl (C=O) groups is 4. The van der Waals surface area contributed by atoms with Crippen LogP contribution in [0.1, 0.15) is 59.5 Å². The van der Waals surface area contributed by atoms with E-state index in [1.165, 1.54) is 0 Å². The van der Waals surface area contributed by atoms with Crippen LogP contribution in [-0.2, 0) is 9.59 Å². The average molecular weight is 533 g/mol. The van der Waals surface area contributed by atoms with Crippen molar-refractivity contribution >= 4 is 34.9 Å². The lowest BCUT2D eigenvalue weighted by Crippen LogP contribution is -2.32. The molecule has 2 aromatic carbocycles. The van der Waals surface area contributed by atoms with Gasteiger partial charge in [-0.2, -0.15) is 0 Å². The lowest BCUT2D eigenvalue weighted by Gasteiger charge is -2.24. The molecule has 0 bridgehead atoms. The zero-order valence-corrected chi connectivity index (χ0v) is 21.9. The molecule has 38 heavy (non-hydrogen) atoms. The van der Waals surface area contributed by atoms with Gasteiger partial charge in [-0.15, -0.1) is 0 Å². The number of anilines is 2. The third kappa shape index (κ3) is 10.6. The van der Waals surface area contributed by atoms with Crippen molar-refractivity contribution in [1.29, 1.82) is 0 Å². The van der Waals surface area contributed by atoms with Gasteiger partial charge >= 0.3 is 0 Å². The van der Waals surface area contributed by atoms with Crippen molar-refractivity contribution in [2.75, 3.05) is 36.8 Å². The molecule has 2 aromatic rings. The molecule has 0 saturated heterocycles. The molecule has 1 aliphatic rings. The standard InChI is InChI=1S/C22H28N4O4.2C2H4O2/c1-13(27)23-9-11-25-17-7-8-18(26-12-10-24-14(2)28)20-19(17)21(29)15-5-3-4-6-16(15)22(20)30;2*1-2(3)4/h3-8,13-14,23-28H,9-12H2,1-2H3;2*1H3,(H,3,4). The molecule has 12 nitrogen and oxygen atoms in total. The predicted molar refractivity (Wildman–Crippen MR) is 143 cm³/mol. The Bertz CT molecular complexity index is 1020. The summed E-state index contributed by atoms with van der Waals surface area (Å²) in [5.41, 5.74) is 2.66. The third-order valence-corrected chi connectivity index (χ3v) is 4.84. The van der Waals surface area contributed by atoms with E-state index >= 15 is 0 Å². The highest BCUT2D eigenvalue weighted by molar-refractivity contribution is 6.31. The molecule has 0 radical (unpaired) electrons. The average Bonchev–Trinajstić information content (AvgIpc) is 2.82. The molecule has 2 atom stereocenters. The maximum atomic E-state index is 13.3. The van der Waals surface area contributed by atoms with E-state index < -0.39 is 24.4 Å². The third-order valence-electron chi connectivity index (χ3n) is 4.84. The Kier molecular flexibility index (Phi) is 13.6. The molecule has 8 N–H and O–H groups in total. The lowest BCUT2D eigenvalue weighted by molar-refractivity contribution is -0.135. The van der Waals surface area contributed by atoms with Crippen LogP contribution < -0.4 is 21.3 Å². The van der Waals surface area contributed by atoms with Crippen molar-refractivity contribution in [1.82, 2.24) is 10.6 Å². The SMILES string of the molecule is CC(=O)O.CC(=O)O.CC(O)NCCNc1ccc(NCCNC(C)O)c2c1C(=O)c1ccccc1C2=O. The molecule has 2 unspecified atom stereocenters. The Morgan fingerprint density at radius 2 is 1.00 bits per heavy atom. The summed E-state index contributed by atoms with van der Waals surface area (Å²) in [5.74, 6) is -2.06. The lowest BCUT2D eigenvalue weighted by atomic mass is 9.82. The summed E-state index contributed by atoms with van der Waals surface area (Å²) in [6.45, 7) is 7.38. The highest BCUT2D eigenvalue weighted by Crippen LogP contribution is 2.36. The van der Waals surface area contributed by atoms with Crippen molar-refractivity contribution in [3.05, 3.63) is 58.7 Å². The first kappa shape index (κ1) is 32.2. The quantitative estimate of drug-likeness (QED) is 0.138. The fourth-order valence-corrected chi connectivity index (χ4v) is 3.47. The van der Waals surface area contributed by atoms with Crippen molar-refractivity contribution in [2.24, 2.45) is 0 Å². The van der Waals surface area contributed by atoms with E-state index in [0.717, 1.165) is 13.8 Å². The van der Waals surface area contributed by atoms with Crippen molar-refractivity contribution < 1.29 is 39.6 Å². The number of aliphatic hydroxyl groups excluding tert-OH is 2. The fraction of sp³-hybridized carbons (Fsp3) is 0.385. The molecule has 0 aromatic heterocycles. The predicted octanol–water partition coefficient (Wildman–Crippen LogP) is 1.32. The first-order valence-corrected chi connectivity index (χ1v) is 11.9. The number of ketones is 2. The van der Waals surface area contributed by atoms with Crippen LogP contribution in [0.15, 0.2) is 36.4 Å². The van der Waals surface area contributed by atoms with Crippen LogP contribution >= 0.6 is 0 Å². The van der Waals surface area contributed by atoms with Gasteiger partial charge in [-0.1, -0.05) is 24.3 Å². The first-order chi connectivity index (χ1) is 17.9. The maximum Gasteiger partial charge on any atom is 0.300 e. The number of rotatable bonds is 10. The molecule has 0 aliphatic heterocycles. The molecule has 12 heteroatoms. The summed E-state index contributed by atoms with van der Waals surface area (Å²) in [7, 11) is 0. The van der Waals surface area contributed by atoms with E-state index in [1.54, 1.807) is 50.2 Å². The number of benzene rings is 2. The number of fused-ring (bicyclic) bond motifs is 2. The molecule has 1 aliphatic carbocycles. The van der Waals surface area contributed by atoms with E-state index in [-0.39, 0.29) is 11.6 Å². The number of hydrogen-bond acceptors (Lipinski definition) is 10. The number of hydrogen-bond donors (Lipinski definition) is 8. The Labute approximate surface area is 221 Å². The van der Waals surface area contributed by atoms with Gasteiger partial charge in [0.15, 0.2) is 11.6 Å². The number of aliphatic carboxylic acids is 2. The van der Waals surface area contributed by atoms with E-state index in [2.05, 4.69) is 21.3 Å². The number of carbonyl (C=O) groups excluding carboxylic acids is 2. The molecule has 0 heterocycles. The topological polar surface area (TPSA) is 197 Å². The molecule has 0 spiro atoms. The summed E-state index contributed by atoms with van der Waals surface area (Å²) in [6, 6.07) is 10.4. The summed E-state index contributed by atoms with van der Waals surface area (Å²) < 4.78 is 0. The van der Waals surface area contributed by atoms with Crippen LogP contribution in [0.25, 0.3) is 0 Å². The molecule has 3 rings (SSSR count). The maximum absolute atomic E-state index is 13.3. The van der Waals surface area contributed by atoms with Gasteiger partial charge in [-0.3, -0.25) is 29.8 Å². The van der Waals surface area contributed by atoms with Crippen LogP contribution in [0.3, 0.4) is 0 Å². The summed E-state index contributed by atoms with van der Waals surface area (Å²) >= 11 is 0. The zero-order valence-electron chi connectivity index (χ0n) is 21.9. The van der Waals surface area contributed by atoms with Crippen LogP contribution in [0.2, 0.25) is 0 Å². The van der Waals surface area contributed by atoms with Crippen LogP contribution in [0.4, 0.5) is 11.4 Å². The molecular weight excluding hydrogens is 496 g/mol. The second kappa shape index (κ2) is 16.1. The molecule has 0 amide bonds. The Hall–Kier alpha value is -3.84. The van der Waals surface area contributed by atoms with Gasteiger partial charge in [0.1, 0.15) is 12.5 Å². The largest absolute Gasteiger partial charge is 0.481 e. The smallest absolute Gasteiger partial charge is 0.300 e. The fourth-order valence-electron chi connectivity index (χ4n) is 3.47. The monoisotopic (exact) mass is 532 g/mol. The normalized spacial score (nSPS) is 12.9. The van der Waals surface area contributed by atoms with Crippen LogP contribution in [0.5, 0.6) is 0 Å². The van der Waals surface area contributed by atoms with Crippen LogP contribution in [-0.4, -0.2) is 82.6 Å². The van der Waals surface area contributed by atoms with Crippen molar-refractivity contribution in [3.8, 4) is 0 Å². The van der Waals surface area contributed by atoms with Gasteiger partial charge < -0.3 is 31.1 Å². The summed E-state index contributed by atoms with van der Waals surface area (Å²) in [6.07, 6.45) is -1.25. The summed E-state index contributed by atoms with van der Waals surface area (Å²) in [5, 5.41) is 45.7. The van der Waals surface area contributed by atoms with E-state index in [4.69, 9.17) is 19.8 Å². The second-order valence-electron chi connectivity index (χ2n) is 8.27. The zero-order chi connectivity index (χ0) is 28.8. The minimum atomic E-state index is -0.833. The van der Waals surface area contributed by atoms with Crippen LogP contribution in [0, 0.1) is 0 Å². The number of carboxylic acid groups (broad SMARTS) is 2. The molecule has 208 valence electrons. The van der Waals surface area contributed by atoms with Gasteiger partial charge in [0.05, 0.1) is 11.1 Å². The van der Waals surface area contributed by atoms with E-state index in [9.17, 15) is 19.8 Å². The molecular formula is C26H36N4O8. The number of nitrogens with one attached hydrogen (secondary N) is 4. The van der Waals surface area contributed by atoms with E-state index in [0.29, 0.717) is 59.8 Å². The number of carboxylic acids is 2. The van der Waals surface area contributed by atoms with Crippen molar-refractivity contribution in [3.63, 3.8) is 0 Å². The van der Waals surface area contributed by atoms with Crippen molar-refractivity contribution in [2.45, 2.75) is 40.2 Å². The Balaban J connectivity index is 0.000000794. The minimum absolute atomic E-state index is 0.197. The Morgan fingerprint density at radius 3 is 1.29 bits per heavy atom. The number of aliphatic hydroxyl groups is 2. The first-order valence-electron chi connectivity index (χ1n) is 11.9. The van der Waals surface area contributed by atoms with E-state index in [1.807, 2.05) is 0 Å². The minimum Gasteiger partial charge on any atom is -0.481 e. The van der Waals surface area contributed by atoms with Gasteiger partial charge in [-0.05, 0) is 26.0 Å². The Morgan fingerprint density at radius 1 is 0.684 bits per heavy atom. The molecule has 0 saturated carbocycles. The molecule has 0 fully saturated rings. The van der Waals surface area contributed by atoms with Gasteiger partial charge in [0.2, 0.25) is 0 Å². The second-order valence-corrected chi connectivity index (χ2v) is 8.27. The van der Waals surface area contributed by atoms with Gasteiger partial charge in [-0.25, -0.2) is 0 Å². The van der Waals surface area contributed by atoms with Gasteiger partial charge in [0, 0.05) is 62.5 Å².